The Balaban J connectivity index is 2.22. The molecule has 0 saturated heterocycles. The van der Waals surface area contributed by atoms with Gasteiger partial charge in [-0.15, -0.1) is 0 Å². The van der Waals surface area contributed by atoms with Crippen LogP contribution in [0.2, 0.25) is 0 Å². The van der Waals surface area contributed by atoms with Crippen molar-refractivity contribution in [2.24, 2.45) is 0 Å². The fourth-order valence-electron chi connectivity index (χ4n) is 2.79. The average molecular weight is 322 g/mol. The first-order valence-corrected chi connectivity index (χ1v) is 7.47. The Morgan fingerprint density at radius 3 is 2.39 bits per heavy atom. The summed E-state index contributed by atoms with van der Waals surface area (Å²) in [5.74, 6) is -2.78. The van der Waals surface area contributed by atoms with Gasteiger partial charge in [-0.1, -0.05) is 19.3 Å². The highest BCUT2D eigenvalue weighted by atomic mass is 19.1. The van der Waals surface area contributed by atoms with Crippen molar-refractivity contribution in [2.45, 2.75) is 44.6 Å². The molecular formula is C16H19FN2O4. The van der Waals surface area contributed by atoms with E-state index in [1.165, 1.54) is 19.1 Å². The predicted octanol–water partition coefficient (Wildman–Crippen LogP) is 2.30. The van der Waals surface area contributed by atoms with Crippen molar-refractivity contribution >= 4 is 23.5 Å². The van der Waals surface area contributed by atoms with E-state index in [0.29, 0.717) is 12.8 Å². The summed E-state index contributed by atoms with van der Waals surface area (Å²) in [6, 6.07) is 3.52. The largest absolute Gasteiger partial charge is 0.480 e. The molecule has 124 valence electrons. The van der Waals surface area contributed by atoms with Crippen LogP contribution in [0.3, 0.4) is 0 Å². The first-order chi connectivity index (χ1) is 10.8. The third-order valence-electron chi connectivity index (χ3n) is 4.01. The number of rotatable bonds is 4. The SMILES string of the molecule is CC(=O)Nc1cc(C(=O)NC2(C(=O)O)CCCCC2)ccc1F. The van der Waals surface area contributed by atoms with E-state index in [-0.39, 0.29) is 11.3 Å². The van der Waals surface area contributed by atoms with Crippen molar-refractivity contribution in [3.8, 4) is 0 Å². The molecule has 7 heteroatoms. The number of amides is 2. The highest BCUT2D eigenvalue weighted by Crippen LogP contribution is 2.29. The Labute approximate surface area is 133 Å². The second kappa shape index (κ2) is 6.76. The normalized spacial score (nSPS) is 16.4. The second-order valence-corrected chi connectivity index (χ2v) is 5.78. The number of hydrogen-bond acceptors (Lipinski definition) is 3. The van der Waals surface area contributed by atoms with E-state index in [9.17, 15) is 23.9 Å². The Hall–Kier alpha value is -2.44. The molecule has 1 saturated carbocycles. The molecule has 0 aliphatic heterocycles. The highest BCUT2D eigenvalue weighted by molar-refractivity contribution is 5.99. The fraction of sp³-hybridized carbons (Fsp3) is 0.438. The molecule has 23 heavy (non-hydrogen) atoms. The molecule has 0 bridgehead atoms. The summed E-state index contributed by atoms with van der Waals surface area (Å²) < 4.78 is 13.6. The van der Waals surface area contributed by atoms with Gasteiger partial charge in [-0.05, 0) is 31.0 Å². The molecule has 0 unspecified atom stereocenters. The summed E-state index contributed by atoms with van der Waals surface area (Å²) in [6.07, 6.45) is 3.13. The Morgan fingerprint density at radius 2 is 1.83 bits per heavy atom. The third kappa shape index (κ3) is 3.85. The number of hydrogen-bond donors (Lipinski definition) is 3. The van der Waals surface area contributed by atoms with Crippen LogP contribution in [0.5, 0.6) is 0 Å². The monoisotopic (exact) mass is 322 g/mol. The van der Waals surface area contributed by atoms with Crippen molar-refractivity contribution in [2.75, 3.05) is 5.32 Å². The third-order valence-corrected chi connectivity index (χ3v) is 4.01. The molecule has 0 atom stereocenters. The summed E-state index contributed by atoms with van der Waals surface area (Å²) in [7, 11) is 0. The van der Waals surface area contributed by atoms with Gasteiger partial charge in [0.15, 0.2) is 0 Å². The minimum atomic E-state index is -1.28. The maximum Gasteiger partial charge on any atom is 0.329 e. The van der Waals surface area contributed by atoms with Crippen molar-refractivity contribution in [3.05, 3.63) is 29.6 Å². The first-order valence-electron chi connectivity index (χ1n) is 7.47. The van der Waals surface area contributed by atoms with Gasteiger partial charge >= 0.3 is 5.97 Å². The zero-order valence-electron chi connectivity index (χ0n) is 12.8. The van der Waals surface area contributed by atoms with Gasteiger partial charge in [-0.3, -0.25) is 9.59 Å². The lowest BCUT2D eigenvalue weighted by molar-refractivity contribution is -0.145. The number of carboxylic acid groups (broad SMARTS) is 1. The Kier molecular flexibility index (Phi) is 4.98. The number of carbonyl (C=O) groups is 3. The first kappa shape index (κ1) is 16.9. The maximum absolute atomic E-state index is 13.6. The average Bonchev–Trinajstić information content (AvgIpc) is 2.49. The van der Waals surface area contributed by atoms with Crippen LogP contribution in [0.1, 0.15) is 49.4 Å². The lowest BCUT2D eigenvalue weighted by Crippen LogP contribution is -2.55. The van der Waals surface area contributed by atoms with E-state index in [1.54, 1.807) is 0 Å². The van der Waals surface area contributed by atoms with Crippen LogP contribution in [0, 0.1) is 5.82 Å². The van der Waals surface area contributed by atoms with Gasteiger partial charge in [-0.2, -0.15) is 0 Å². The number of nitrogens with one attached hydrogen (secondary N) is 2. The van der Waals surface area contributed by atoms with Gasteiger partial charge in [0, 0.05) is 12.5 Å². The van der Waals surface area contributed by atoms with E-state index in [0.717, 1.165) is 25.3 Å². The zero-order valence-corrected chi connectivity index (χ0v) is 12.8. The van der Waals surface area contributed by atoms with Crippen LogP contribution in [-0.2, 0) is 9.59 Å². The highest BCUT2D eigenvalue weighted by Gasteiger charge is 2.41. The molecule has 1 fully saturated rings. The van der Waals surface area contributed by atoms with Gasteiger partial charge in [0.2, 0.25) is 5.91 Å². The summed E-state index contributed by atoms with van der Waals surface area (Å²) in [5.41, 5.74) is -1.29. The lowest BCUT2D eigenvalue weighted by Gasteiger charge is -2.34. The van der Waals surface area contributed by atoms with E-state index >= 15 is 0 Å². The van der Waals surface area contributed by atoms with Crippen molar-refractivity contribution in [1.29, 1.82) is 0 Å². The van der Waals surface area contributed by atoms with E-state index < -0.39 is 29.1 Å². The molecule has 1 aliphatic carbocycles. The molecule has 3 N–H and O–H groups in total. The van der Waals surface area contributed by atoms with Crippen molar-refractivity contribution < 1.29 is 23.9 Å². The molecule has 6 nitrogen and oxygen atoms in total. The zero-order chi connectivity index (χ0) is 17.0. The van der Waals surface area contributed by atoms with Gasteiger partial charge < -0.3 is 15.7 Å². The van der Waals surface area contributed by atoms with E-state index in [1.807, 2.05) is 0 Å². The summed E-state index contributed by atoms with van der Waals surface area (Å²) in [4.78, 5) is 35.0. The number of carbonyl (C=O) groups excluding carboxylic acids is 2. The van der Waals surface area contributed by atoms with Crippen LogP contribution in [0.25, 0.3) is 0 Å². The molecule has 1 aromatic carbocycles. The van der Waals surface area contributed by atoms with Crippen LogP contribution in [0.15, 0.2) is 18.2 Å². The van der Waals surface area contributed by atoms with Gasteiger partial charge in [0.25, 0.3) is 5.91 Å². The second-order valence-electron chi connectivity index (χ2n) is 5.78. The molecule has 2 rings (SSSR count). The molecule has 0 heterocycles. The number of carboxylic acids is 1. The standard InChI is InChI=1S/C16H19FN2O4/c1-10(20)18-13-9-11(5-6-12(13)17)14(21)19-16(15(22)23)7-3-2-4-8-16/h5-6,9H,2-4,7-8H2,1H3,(H,18,20)(H,19,21)(H,22,23). The summed E-state index contributed by atoms with van der Waals surface area (Å²) in [5, 5.41) is 14.3. The smallest absolute Gasteiger partial charge is 0.329 e. The molecule has 0 radical (unpaired) electrons. The van der Waals surface area contributed by atoms with E-state index in [4.69, 9.17) is 0 Å². The molecule has 0 spiro atoms. The fourth-order valence-corrected chi connectivity index (χ4v) is 2.79. The minimum Gasteiger partial charge on any atom is -0.480 e. The number of halogens is 1. The number of aliphatic carboxylic acids is 1. The van der Waals surface area contributed by atoms with Crippen LogP contribution >= 0.6 is 0 Å². The molecule has 1 aromatic rings. The molecule has 0 aromatic heterocycles. The summed E-state index contributed by atoms with van der Waals surface area (Å²) in [6.45, 7) is 1.23. The predicted molar refractivity (Wildman–Crippen MR) is 81.6 cm³/mol. The Bertz CT molecular complexity index is 639. The topological polar surface area (TPSA) is 95.5 Å². The molecule has 2 amide bonds. The summed E-state index contributed by atoms with van der Waals surface area (Å²) >= 11 is 0. The Morgan fingerprint density at radius 1 is 1.17 bits per heavy atom. The lowest BCUT2D eigenvalue weighted by atomic mass is 9.81. The number of benzene rings is 1. The van der Waals surface area contributed by atoms with Gasteiger partial charge in [-0.25, -0.2) is 9.18 Å². The van der Waals surface area contributed by atoms with Crippen LogP contribution < -0.4 is 10.6 Å². The molecule has 1 aliphatic rings. The van der Waals surface area contributed by atoms with Gasteiger partial charge in [0.1, 0.15) is 11.4 Å². The maximum atomic E-state index is 13.6. The van der Waals surface area contributed by atoms with E-state index in [2.05, 4.69) is 10.6 Å². The van der Waals surface area contributed by atoms with Crippen LogP contribution in [-0.4, -0.2) is 28.4 Å². The van der Waals surface area contributed by atoms with Crippen molar-refractivity contribution in [3.63, 3.8) is 0 Å². The van der Waals surface area contributed by atoms with Crippen molar-refractivity contribution in [1.82, 2.24) is 5.32 Å². The minimum absolute atomic E-state index is 0.0985. The molecular weight excluding hydrogens is 303 g/mol. The quantitative estimate of drug-likeness (QED) is 0.792. The van der Waals surface area contributed by atoms with Gasteiger partial charge in [0.05, 0.1) is 5.69 Å². The van der Waals surface area contributed by atoms with Crippen LogP contribution in [0.4, 0.5) is 10.1 Å². The number of anilines is 1.